The van der Waals surface area contributed by atoms with Crippen molar-refractivity contribution in [1.82, 2.24) is 18.7 Å². The van der Waals surface area contributed by atoms with Crippen LogP contribution in [0.4, 0.5) is 11.6 Å². The summed E-state index contributed by atoms with van der Waals surface area (Å²) in [6.07, 6.45) is 5.09. The lowest BCUT2D eigenvalue weighted by molar-refractivity contribution is 0.457. The van der Waals surface area contributed by atoms with Gasteiger partial charge in [0, 0.05) is 32.4 Å². The van der Waals surface area contributed by atoms with Crippen LogP contribution in [0.15, 0.2) is 33.9 Å². The maximum atomic E-state index is 13.4. The second-order valence-electron chi connectivity index (χ2n) is 8.79. The van der Waals surface area contributed by atoms with Crippen LogP contribution in [0.25, 0.3) is 11.2 Å². The maximum absolute atomic E-state index is 13.4. The molecule has 3 aromatic rings. The lowest BCUT2D eigenvalue weighted by Gasteiger charge is -2.33. The predicted molar refractivity (Wildman–Crippen MR) is 125 cm³/mol. The minimum absolute atomic E-state index is 0.219. The number of aromatic nitrogens is 4. The molecule has 0 N–H and O–H groups in total. The Morgan fingerprint density at radius 2 is 1.77 bits per heavy atom. The van der Waals surface area contributed by atoms with Gasteiger partial charge in [-0.2, -0.15) is 4.98 Å². The van der Waals surface area contributed by atoms with E-state index >= 15 is 0 Å². The molecule has 1 aromatic carbocycles. The molecule has 1 atom stereocenters. The summed E-state index contributed by atoms with van der Waals surface area (Å²) < 4.78 is 4.94. The number of hydrogen-bond donors (Lipinski definition) is 0. The Balaban J connectivity index is 1.83. The molecular formula is C24H33N5O2. The van der Waals surface area contributed by atoms with E-state index in [1.165, 1.54) is 14.7 Å². The summed E-state index contributed by atoms with van der Waals surface area (Å²) in [6.45, 7) is 8.49. The van der Waals surface area contributed by atoms with Crippen LogP contribution in [0.3, 0.4) is 0 Å². The Morgan fingerprint density at radius 1 is 1.03 bits per heavy atom. The van der Waals surface area contributed by atoms with Crippen molar-refractivity contribution >= 4 is 22.8 Å². The summed E-state index contributed by atoms with van der Waals surface area (Å²) in [4.78, 5) is 33.3. The monoisotopic (exact) mass is 423 g/mol. The van der Waals surface area contributed by atoms with Crippen molar-refractivity contribution in [2.75, 3.05) is 11.4 Å². The second-order valence-corrected chi connectivity index (χ2v) is 8.79. The first-order chi connectivity index (χ1) is 15.0. The van der Waals surface area contributed by atoms with Gasteiger partial charge in [0.05, 0.1) is 0 Å². The van der Waals surface area contributed by atoms with E-state index in [0.29, 0.717) is 23.6 Å². The van der Waals surface area contributed by atoms with Crippen molar-refractivity contribution in [2.45, 2.75) is 66.0 Å². The Hall–Kier alpha value is -2.83. The van der Waals surface area contributed by atoms with Gasteiger partial charge in [-0.25, -0.2) is 4.79 Å². The standard InChI is InChI=1S/C24H33N5O2/c1-5-7-8-9-14-27-22(30)20-21(26(4)24(27)31)25-23-28(15-17(3)16-29(20)23)19-12-10-18(6-2)11-13-19/h10-13,17H,5-9,14-16H2,1-4H3/t17-/m1/s1. The molecule has 166 valence electrons. The van der Waals surface area contributed by atoms with E-state index in [0.717, 1.165) is 56.8 Å². The number of imidazole rings is 1. The number of fused-ring (bicyclic) bond motifs is 3. The number of hydrogen-bond acceptors (Lipinski definition) is 4. The lowest BCUT2D eigenvalue weighted by Crippen LogP contribution is -2.40. The predicted octanol–water partition coefficient (Wildman–Crippen LogP) is 3.83. The smallest absolute Gasteiger partial charge is 0.312 e. The van der Waals surface area contributed by atoms with Crippen LogP contribution in [0.2, 0.25) is 0 Å². The van der Waals surface area contributed by atoms with Gasteiger partial charge in [-0.3, -0.25) is 13.9 Å². The van der Waals surface area contributed by atoms with E-state index < -0.39 is 0 Å². The Morgan fingerprint density at radius 3 is 2.45 bits per heavy atom. The van der Waals surface area contributed by atoms with Gasteiger partial charge in [-0.15, -0.1) is 0 Å². The third-order valence-electron chi connectivity index (χ3n) is 6.33. The minimum atomic E-state index is -0.281. The van der Waals surface area contributed by atoms with Crippen molar-refractivity contribution < 1.29 is 0 Å². The van der Waals surface area contributed by atoms with Crippen molar-refractivity contribution in [3.05, 3.63) is 50.7 Å². The van der Waals surface area contributed by atoms with Gasteiger partial charge in [0.25, 0.3) is 5.56 Å². The summed E-state index contributed by atoms with van der Waals surface area (Å²) in [5.74, 6) is 1.10. The van der Waals surface area contributed by atoms with Crippen molar-refractivity contribution in [3.8, 4) is 0 Å². The fourth-order valence-electron chi connectivity index (χ4n) is 4.53. The van der Waals surface area contributed by atoms with Crippen LogP contribution in [0, 0.1) is 5.92 Å². The maximum Gasteiger partial charge on any atom is 0.332 e. The lowest BCUT2D eigenvalue weighted by atomic mass is 10.1. The molecule has 0 radical (unpaired) electrons. The largest absolute Gasteiger partial charge is 0.332 e. The number of aryl methyl sites for hydroxylation is 2. The molecule has 0 aliphatic carbocycles. The Kier molecular flexibility index (Phi) is 6.03. The number of anilines is 2. The summed E-state index contributed by atoms with van der Waals surface area (Å²) in [5, 5.41) is 0. The highest BCUT2D eigenvalue weighted by Crippen LogP contribution is 2.32. The van der Waals surface area contributed by atoms with Crippen LogP contribution < -0.4 is 16.1 Å². The van der Waals surface area contributed by atoms with Crippen molar-refractivity contribution in [2.24, 2.45) is 13.0 Å². The molecule has 0 amide bonds. The minimum Gasteiger partial charge on any atom is -0.312 e. The average molecular weight is 424 g/mol. The second kappa shape index (κ2) is 8.73. The molecule has 0 fully saturated rings. The average Bonchev–Trinajstić information content (AvgIpc) is 3.16. The topological polar surface area (TPSA) is 65.1 Å². The molecule has 0 bridgehead atoms. The van der Waals surface area contributed by atoms with Crippen LogP contribution in [-0.4, -0.2) is 25.2 Å². The summed E-state index contributed by atoms with van der Waals surface area (Å²) >= 11 is 0. The normalized spacial score (nSPS) is 16.1. The van der Waals surface area contributed by atoms with E-state index in [4.69, 9.17) is 4.98 Å². The first kappa shape index (κ1) is 21.4. The van der Waals surface area contributed by atoms with E-state index in [9.17, 15) is 9.59 Å². The molecule has 0 saturated heterocycles. The molecule has 31 heavy (non-hydrogen) atoms. The SMILES string of the molecule is CCCCCCn1c(=O)c2c(nc3n2C[C@H](C)CN3c2ccc(CC)cc2)n(C)c1=O. The van der Waals surface area contributed by atoms with Gasteiger partial charge in [0.1, 0.15) is 0 Å². The van der Waals surface area contributed by atoms with E-state index in [1.54, 1.807) is 7.05 Å². The van der Waals surface area contributed by atoms with Crippen LogP contribution in [-0.2, 0) is 26.6 Å². The van der Waals surface area contributed by atoms with E-state index in [-0.39, 0.29) is 11.2 Å². The summed E-state index contributed by atoms with van der Waals surface area (Å²) in [6, 6.07) is 8.51. The molecule has 2 aromatic heterocycles. The molecule has 0 spiro atoms. The van der Waals surface area contributed by atoms with Crippen LogP contribution in [0.5, 0.6) is 0 Å². The first-order valence-corrected chi connectivity index (χ1v) is 11.5. The number of rotatable bonds is 7. The molecular weight excluding hydrogens is 390 g/mol. The van der Waals surface area contributed by atoms with E-state index in [1.807, 2.05) is 4.57 Å². The molecule has 0 saturated carbocycles. The number of benzene rings is 1. The van der Waals surface area contributed by atoms with Crippen LogP contribution in [0.1, 0.15) is 52.0 Å². The molecule has 3 heterocycles. The zero-order valence-electron chi connectivity index (χ0n) is 19.1. The van der Waals surface area contributed by atoms with Gasteiger partial charge in [-0.05, 0) is 36.5 Å². The van der Waals surface area contributed by atoms with Crippen LogP contribution >= 0.6 is 0 Å². The fourth-order valence-corrected chi connectivity index (χ4v) is 4.53. The highest BCUT2D eigenvalue weighted by atomic mass is 16.2. The van der Waals surface area contributed by atoms with Gasteiger partial charge in [0.2, 0.25) is 5.95 Å². The third-order valence-corrected chi connectivity index (χ3v) is 6.33. The molecule has 7 nitrogen and oxygen atoms in total. The third kappa shape index (κ3) is 3.82. The number of unbranched alkanes of at least 4 members (excludes halogenated alkanes) is 3. The summed E-state index contributed by atoms with van der Waals surface area (Å²) in [5.41, 5.74) is 2.86. The van der Waals surface area contributed by atoms with Gasteiger partial charge >= 0.3 is 5.69 Å². The fraction of sp³-hybridized carbons (Fsp3) is 0.542. The highest BCUT2D eigenvalue weighted by molar-refractivity contribution is 5.77. The summed E-state index contributed by atoms with van der Waals surface area (Å²) in [7, 11) is 1.72. The Bertz CT molecular complexity index is 1190. The zero-order chi connectivity index (χ0) is 22.1. The Labute approximate surface area is 182 Å². The van der Waals surface area contributed by atoms with E-state index in [2.05, 4.69) is 49.9 Å². The van der Waals surface area contributed by atoms with Crippen molar-refractivity contribution in [3.63, 3.8) is 0 Å². The number of nitrogens with zero attached hydrogens (tertiary/aromatic N) is 5. The zero-order valence-corrected chi connectivity index (χ0v) is 19.1. The van der Waals surface area contributed by atoms with Gasteiger partial charge in [0.15, 0.2) is 11.2 Å². The van der Waals surface area contributed by atoms with Gasteiger partial charge in [-0.1, -0.05) is 52.2 Å². The highest BCUT2D eigenvalue weighted by Gasteiger charge is 2.29. The molecule has 7 heteroatoms. The van der Waals surface area contributed by atoms with Crippen molar-refractivity contribution in [1.29, 1.82) is 0 Å². The quantitative estimate of drug-likeness (QED) is 0.542. The molecule has 1 aliphatic heterocycles. The van der Waals surface area contributed by atoms with Gasteiger partial charge < -0.3 is 9.47 Å². The first-order valence-electron chi connectivity index (χ1n) is 11.5. The molecule has 1 aliphatic rings. The molecule has 4 rings (SSSR count). The molecule has 0 unspecified atom stereocenters.